The molecule has 1 saturated heterocycles. The topological polar surface area (TPSA) is 63.1 Å². The summed E-state index contributed by atoms with van der Waals surface area (Å²) in [6.07, 6.45) is 3.77. The minimum atomic E-state index is -0.315. The number of hydrogen-bond acceptors (Lipinski definition) is 5. The third kappa shape index (κ3) is 5.40. The zero-order valence-electron chi connectivity index (χ0n) is 19.0. The van der Waals surface area contributed by atoms with Crippen molar-refractivity contribution in [2.24, 2.45) is 0 Å². The van der Waals surface area contributed by atoms with Crippen LogP contribution < -0.4 is 5.32 Å². The lowest BCUT2D eigenvalue weighted by atomic mass is 10.1. The van der Waals surface area contributed by atoms with Crippen LogP contribution in [0.15, 0.2) is 53.7 Å². The van der Waals surface area contributed by atoms with Gasteiger partial charge in [-0.25, -0.2) is 0 Å². The fraction of sp³-hybridized carbons (Fsp3) is 0.400. The predicted octanol–water partition coefficient (Wildman–Crippen LogP) is 4.99. The molecule has 0 aliphatic carbocycles. The quantitative estimate of drug-likeness (QED) is 0.515. The van der Waals surface area contributed by atoms with Crippen LogP contribution in [0, 0.1) is 13.8 Å². The normalized spacial score (nSPS) is 15.5. The van der Waals surface area contributed by atoms with E-state index in [1.165, 1.54) is 31.0 Å². The molecule has 2 heterocycles. The lowest BCUT2D eigenvalue weighted by Gasteiger charge is -2.26. The number of aromatic nitrogens is 3. The van der Waals surface area contributed by atoms with Gasteiger partial charge in [0.25, 0.3) is 0 Å². The highest BCUT2D eigenvalue weighted by atomic mass is 32.2. The van der Waals surface area contributed by atoms with Crippen LogP contribution in [0.25, 0.3) is 5.69 Å². The Morgan fingerprint density at radius 2 is 1.81 bits per heavy atom. The number of nitrogens with one attached hydrogen (secondary N) is 1. The molecule has 1 fully saturated rings. The Kier molecular flexibility index (Phi) is 7.27. The molecule has 0 bridgehead atoms. The van der Waals surface area contributed by atoms with Gasteiger partial charge in [0.05, 0.1) is 11.8 Å². The van der Waals surface area contributed by atoms with E-state index in [0.717, 1.165) is 53.1 Å². The van der Waals surface area contributed by atoms with Gasteiger partial charge in [-0.3, -0.25) is 14.3 Å². The summed E-state index contributed by atoms with van der Waals surface area (Å²) in [7, 11) is 0. The van der Waals surface area contributed by atoms with Crippen molar-refractivity contribution in [1.82, 2.24) is 19.7 Å². The summed E-state index contributed by atoms with van der Waals surface area (Å²) in [6, 6.07) is 16.3. The second-order valence-electron chi connectivity index (χ2n) is 8.47. The largest absolute Gasteiger partial charge is 0.325 e. The van der Waals surface area contributed by atoms with E-state index in [1.807, 2.05) is 51.1 Å². The molecular weight excluding hydrogens is 418 g/mol. The summed E-state index contributed by atoms with van der Waals surface area (Å²) >= 11 is 1.44. The zero-order chi connectivity index (χ0) is 22.5. The second-order valence-corrected chi connectivity index (χ2v) is 9.78. The third-order valence-corrected chi connectivity index (χ3v) is 6.87. The maximum absolute atomic E-state index is 13.0. The first-order chi connectivity index (χ1) is 15.5. The maximum atomic E-state index is 13.0. The number of anilines is 1. The number of nitrogens with zero attached hydrogens (tertiary/aromatic N) is 4. The van der Waals surface area contributed by atoms with E-state index < -0.39 is 0 Å². The Bertz CT molecular complexity index is 1060. The molecule has 0 spiro atoms. The summed E-state index contributed by atoms with van der Waals surface area (Å²) in [5, 5.41) is 12.5. The highest BCUT2D eigenvalue weighted by Gasteiger charge is 2.23. The molecule has 7 heteroatoms. The number of hydrogen-bond donors (Lipinski definition) is 1. The molecule has 2 aromatic carbocycles. The molecule has 0 saturated carbocycles. The fourth-order valence-corrected chi connectivity index (χ4v) is 4.84. The van der Waals surface area contributed by atoms with Crippen LogP contribution in [-0.4, -0.2) is 43.9 Å². The van der Waals surface area contributed by atoms with Crippen molar-refractivity contribution in [2.45, 2.75) is 57.0 Å². The molecule has 0 radical (unpaired) electrons. The molecule has 3 aromatic rings. The van der Waals surface area contributed by atoms with E-state index in [9.17, 15) is 4.79 Å². The van der Waals surface area contributed by atoms with Gasteiger partial charge < -0.3 is 5.32 Å². The monoisotopic (exact) mass is 449 g/mol. The predicted molar refractivity (Wildman–Crippen MR) is 130 cm³/mol. The lowest BCUT2D eigenvalue weighted by Crippen LogP contribution is -2.30. The number of carbonyl (C=O) groups excluding carboxylic acids is 1. The molecule has 1 aromatic heterocycles. The van der Waals surface area contributed by atoms with Crippen molar-refractivity contribution in [1.29, 1.82) is 0 Å². The van der Waals surface area contributed by atoms with Crippen molar-refractivity contribution < 1.29 is 4.79 Å². The number of carbonyl (C=O) groups is 1. The van der Waals surface area contributed by atoms with Crippen molar-refractivity contribution >= 4 is 23.4 Å². The molecule has 1 aliphatic heterocycles. The lowest BCUT2D eigenvalue weighted by molar-refractivity contribution is -0.115. The van der Waals surface area contributed by atoms with Crippen molar-refractivity contribution in [3.8, 4) is 5.69 Å². The number of rotatable bonds is 7. The number of likely N-dealkylation sites (tertiary alicyclic amines) is 1. The zero-order valence-corrected chi connectivity index (χ0v) is 19.9. The number of thioether (sulfide) groups is 1. The van der Waals surface area contributed by atoms with Gasteiger partial charge in [-0.05, 0) is 76.0 Å². The van der Waals surface area contributed by atoms with Crippen LogP contribution in [0.3, 0.4) is 0 Å². The molecular formula is C25H31N5OS. The highest BCUT2D eigenvalue weighted by Crippen LogP contribution is 2.28. The van der Waals surface area contributed by atoms with E-state index in [4.69, 9.17) is 0 Å². The van der Waals surface area contributed by atoms with Gasteiger partial charge in [-0.2, -0.15) is 0 Å². The summed E-state index contributed by atoms with van der Waals surface area (Å²) in [5.74, 6) is 0.881. The van der Waals surface area contributed by atoms with Crippen LogP contribution >= 0.6 is 11.8 Å². The van der Waals surface area contributed by atoms with Crippen molar-refractivity contribution in [3.63, 3.8) is 0 Å². The van der Waals surface area contributed by atoms with Crippen LogP contribution in [0.5, 0.6) is 0 Å². The van der Waals surface area contributed by atoms with Crippen LogP contribution in [0.2, 0.25) is 0 Å². The SMILES string of the molecule is Cc1ccc(C)c(NC(=O)C(C)Sc2nnc(CN3CCCCC3)n2-c2ccccc2)c1. The number of para-hydroxylation sites is 1. The fourth-order valence-electron chi connectivity index (χ4n) is 3.95. The van der Waals surface area contributed by atoms with E-state index in [-0.39, 0.29) is 11.2 Å². The van der Waals surface area contributed by atoms with Gasteiger partial charge in [-0.15, -0.1) is 10.2 Å². The van der Waals surface area contributed by atoms with Crippen LogP contribution in [-0.2, 0) is 11.3 Å². The molecule has 6 nitrogen and oxygen atoms in total. The third-order valence-electron chi connectivity index (χ3n) is 5.83. The Morgan fingerprint density at radius 1 is 1.06 bits per heavy atom. The van der Waals surface area contributed by atoms with Gasteiger partial charge in [0.1, 0.15) is 0 Å². The highest BCUT2D eigenvalue weighted by molar-refractivity contribution is 8.00. The number of benzene rings is 2. The van der Waals surface area contributed by atoms with Gasteiger partial charge in [0.15, 0.2) is 11.0 Å². The summed E-state index contributed by atoms with van der Waals surface area (Å²) in [4.78, 5) is 15.4. The minimum Gasteiger partial charge on any atom is -0.325 e. The van der Waals surface area contributed by atoms with E-state index in [1.54, 1.807) is 0 Å². The Hall–Kier alpha value is -2.64. The molecule has 1 aliphatic rings. The number of aryl methyl sites for hydroxylation is 2. The molecule has 1 atom stereocenters. The molecule has 32 heavy (non-hydrogen) atoms. The van der Waals surface area contributed by atoms with Gasteiger partial charge >= 0.3 is 0 Å². The Balaban J connectivity index is 1.54. The number of piperidine rings is 1. The number of amides is 1. The van der Waals surface area contributed by atoms with Crippen LogP contribution in [0.4, 0.5) is 5.69 Å². The first kappa shape index (κ1) is 22.6. The Morgan fingerprint density at radius 3 is 2.56 bits per heavy atom. The summed E-state index contributed by atoms with van der Waals surface area (Å²) in [6.45, 7) is 8.91. The molecule has 1 N–H and O–H groups in total. The van der Waals surface area contributed by atoms with Gasteiger partial charge in [0.2, 0.25) is 5.91 Å². The van der Waals surface area contributed by atoms with Crippen molar-refractivity contribution in [2.75, 3.05) is 18.4 Å². The summed E-state index contributed by atoms with van der Waals surface area (Å²) in [5.41, 5.74) is 4.06. The molecule has 1 amide bonds. The molecule has 168 valence electrons. The van der Waals surface area contributed by atoms with E-state index >= 15 is 0 Å². The van der Waals surface area contributed by atoms with Crippen LogP contribution in [0.1, 0.15) is 43.1 Å². The van der Waals surface area contributed by atoms with E-state index in [0.29, 0.717) is 0 Å². The smallest absolute Gasteiger partial charge is 0.237 e. The average molecular weight is 450 g/mol. The van der Waals surface area contributed by atoms with Gasteiger partial charge in [0, 0.05) is 11.4 Å². The Labute approximate surface area is 194 Å². The van der Waals surface area contributed by atoms with E-state index in [2.05, 4.69) is 43.2 Å². The molecule has 1 unspecified atom stereocenters. The average Bonchev–Trinajstić information content (AvgIpc) is 3.19. The standard InChI is InChI=1S/C25H31N5OS/c1-18-12-13-19(2)22(16-18)26-24(31)20(3)32-25-28-27-23(17-29-14-8-5-9-15-29)30(25)21-10-6-4-7-11-21/h4,6-7,10-13,16,20H,5,8-9,14-15,17H2,1-3H3,(H,26,31). The first-order valence-electron chi connectivity index (χ1n) is 11.3. The van der Waals surface area contributed by atoms with Gasteiger partial charge in [-0.1, -0.05) is 48.5 Å². The molecule has 4 rings (SSSR count). The second kappa shape index (κ2) is 10.3. The first-order valence-corrected chi connectivity index (χ1v) is 12.2. The summed E-state index contributed by atoms with van der Waals surface area (Å²) < 4.78 is 2.10. The maximum Gasteiger partial charge on any atom is 0.237 e. The minimum absolute atomic E-state index is 0.0381. The van der Waals surface area contributed by atoms with Crippen molar-refractivity contribution in [3.05, 3.63) is 65.5 Å².